The van der Waals surface area contributed by atoms with Crippen LogP contribution in [0.25, 0.3) is 11.6 Å². The topological polar surface area (TPSA) is 87.6 Å². The summed E-state index contributed by atoms with van der Waals surface area (Å²) in [5.41, 5.74) is 1.09. The second-order valence-corrected chi connectivity index (χ2v) is 4.21. The lowest BCUT2D eigenvalue weighted by molar-refractivity contribution is 0.418. The van der Waals surface area contributed by atoms with Crippen molar-refractivity contribution >= 4 is 0 Å². The number of hydrogen-bond donors (Lipinski definition) is 1. The van der Waals surface area contributed by atoms with Crippen LogP contribution in [0, 0.1) is 11.3 Å². The summed E-state index contributed by atoms with van der Waals surface area (Å²) in [5, 5.41) is 15.9. The maximum absolute atomic E-state index is 8.68. The van der Waals surface area contributed by atoms with Crippen LogP contribution in [-0.2, 0) is 6.54 Å². The third-order valence-electron chi connectivity index (χ3n) is 2.71. The Hall–Kier alpha value is -2.26. The van der Waals surface area contributed by atoms with Crippen LogP contribution < -0.4 is 5.32 Å². The van der Waals surface area contributed by atoms with Crippen LogP contribution in [0.2, 0.25) is 0 Å². The molecule has 1 fully saturated rings. The Morgan fingerprint density at radius 2 is 2.33 bits per heavy atom. The van der Waals surface area contributed by atoms with E-state index in [1.165, 1.54) is 19.0 Å². The lowest BCUT2D eigenvalue weighted by atomic mass is 10.3. The van der Waals surface area contributed by atoms with Gasteiger partial charge in [0.25, 0.3) is 5.89 Å². The zero-order chi connectivity index (χ0) is 12.4. The first-order valence-electron chi connectivity index (χ1n) is 5.77. The van der Waals surface area contributed by atoms with Crippen molar-refractivity contribution in [3.05, 3.63) is 29.7 Å². The number of nitrogens with zero attached hydrogens (tertiary/aromatic N) is 4. The molecule has 0 radical (unpaired) electrons. The van der Waals surface area contributed by atoms with E-state index in [9.17, 15) is 0 Å². The van der Waals surface area contributed by atoms with Gasteiger partial charge in [-0.15, -0.1) is 0 Å². The number of pyridine rings is 1. The molecule has 1 aliphatic carbocycles. The van der Waals surface area contributed by atoms with Gasteiger partial charge in [0.05, 0.1) is 12.1 Å². The minimum Gasteiger partial charge on any atom is -0.332 e. The average Bonchev–Trinajstić information content (AvgIpc) is 3.14. The Morgan fingerprint density at radius 3 is 3.00 bits per heavy atom. The highest BCUT2D eigenvalue weighted by Gasteiger charge is 2.21. The molecule has 1 N–H and O–H groups in total. The van der Waals surface area contributed by atoms with Gasteiger partial charge in [-0.3, -0.25) is 0 Å². The molecule has 1 aliphatic rings. The van der Waals surface area contributed by atoms with Crippen molar-refractivity contribution in [3.63, 3.8) is 0 Å². The summed E-state index contributed by atoms with van der Waals surface area (Å²) in [7, 11) is 0. The summed E-state index contributed by atoms with van der Waals surface area (Å²) in [6.07, 6.45) is 3.94. The Balaban J connectivity index is 1.72. The number of nitriles is 1. The molecule has 0 aliphatic heterocycles. The molecule has 2 aromatic rings. The fourth-order valence-electron chi connectivity index (χ4n) is 1.54. The molecule has 1 saturated carbocycles. The first-order chi connectivity index (χ1) is 8.85. The summed E-state index contributed by atoms with van der Waals surface area (Å²) in [6.45, 7) is 0.616. The second-order valence-electron chi connectivity index (χ2n) is 4.21. The largest absolute Gasteiger partial charge is 0.332 e. The molecule has 90 valence electrons. The molecule has 0 saturated heterocycles. The highest BCUT2D eigenvalue weighted by molar-refractivity contribution is 5.47. The van der Waals surface area contributed by atoms with Crippen molar-refractivity contribution in [1.29, 1.82) is 5.26 Å². The molecular weight excluding hydrogens is 230 g/mol. The van der Waals surface area contributed by atoms with E-state index in [0.717, 1.165) is 0 Å². The zero-order valence-electron chi connectivity index (χ0n) is 9.63. The molecule has 18 heavy (non-hydrogen) atoms. The first-order valence-corrected chi connectivity index (χ1v) is 5.77. The van der Waals surface area contributed by atoms with Crippen molar-refractivity contribution in [2.75, 3.05) is 0 Å². The number of aromatic nitrogens is 3. The van der Waals surface area contributed by atoms with E-state index < -0.39 is 0 Å². The van der Waals surface area contributed by atoms with E-state index in [1.807, 2.05) is 6.07 Å². The van der Waals surface area contributed by atoms with E-state index in [0.29, 0.717) is 35.6 Å². The standard InChI is InChI=1S/C12H11N5O/c13-5-8-1-4-10(15-6-8)12-16-11(17-18-12)7-14-9-2-3-9/h1,4,6,9,14H,2-3,7H2. The maximum atomic E-state index is 8.68. The van der Waals surface area contributed by atoms with Crippen LogP contribution in [0.3, 0.4) is 0 Å². The molecule has 0 bridgehead atoms. The third-order valence-corrected chi connectivity index (χ3v) is 2.71. The average molecular weight is 241 g/mol. The van der Waals surface area contributed by atoms with Gasteiger partial charge in [-0.2, -0.15) is 10.2 Å². The summed E-state index contributed by atoms with van der Waals surface area (Å²) < 4.78 is 5.13. The predicted octanol–water partition coefficient (Wildman–Crippen LogP) is 1.26. The normalized spacial score (nSPS) is 14.4. The van der Waals surface area contributed by atoms with Crippen LogP contribution in [-0.4, -0.2) is 21.2 Å². The van der Waals surface area contributed by atoms with E-state index in [1.54, 1.807) is 12.1 Å². The van der Waals surface area contributed by atoms with Crippen LogP contribution in [0.4, 0.5) is 0 Å². The first kappa shape index (κ1) is 10.9. The van der Waals surface area contributed by atoms with Gasteiger partial charge >= 0.3 is 0 Å². The van der Waals surface area contributed by atoms with Crippen molar-refractivity contribution in [3.8, 4) is 17.7 Å². The van der Waals surface area contributed by atoms with Gasteiger partial charge in [-0.25, -0.2) is 4.98 Å². The lowest BCUT2D eigenvalue weighted by Gasteiger charge is -1.95. The molecule has 0 aromatic carbocycles. The predicted molar refractivity (Wildman–Crippen MR) is 62.1 cm³/mol. The highest BCUT2D eigenvalue weighted by Crippen LogP contribution is 2.19. The lowest BCUT2D eigenvalue weighted by Crippen LogP contribution is -2.16. The van der Waals surface area contributed by atoms with Gasteiger partial charge < -0.3 is 9.84 Å². The molecule has 2 aromatic heterocycles. The monoisotopic (exact) mass is 241 g/mol. The fourth-order valence-corrected chi connectivity index (χ4v) is 1.54. The Labute approximate surface area is 104 Å². The van der Waals surface area contributed by atoms with Gasteiger partial charge in [0, 0.05) is 12.2 Å². The van der Waals surface area contributed by atoms with E-state index in [4.69, 9.17) is 9.78 Å². The van der Waals surface area contributed by atoms with Crippen LogP contribution >= 0.6 is 0 Å². The molecule has 6 nitrogen and oxygen atoms in total. The molecule has 3 rings (SSSR count). The van der Waals surface area contributed by atoms with E-state index in [2.05, 4.69) is 20.4 Å². The molecular formula is C12H11N5O. The molecule has 0 spiro atoms. The molecule has 0 atom stereocenters. The van der Waals surface area contributed by atoms with Gasteiger partial charge in [0.15, 0.2) is 5.82 Å². The number of hydrogen-bond acceptors (Lipinski definition) is 6. The third kappa shape index (κ3) is 2.36. The molecule has 6 heteroatoms. The van der Waals surface area contributed by atoms with Gasteiger partial charge in [0.1, 0.15) is 11.8 Å². The molecule has 2 heterocycles. The SMILES string of the molecule is N#Cc1ccc(-c2nc(CNC3CC3)no2)nc1. The minimum absolute atomic E-state index is 0.382. The summed E-state index contributed by atoms with van der Waals surface area (Å²) in [5.74, 6) is 1.01. The quantitative estimate of drug-likeness (QED) is 0.866. The van der Waals surface area contributed by atoms with Gasteiger partial charge in [-0.1, -0.05) is 5.16 Å². The minimum atomic E-state index is 0.382. The van der Waals surface area contributed by atoms with Crippen LogP contribution in [0.5, 0.6) is 0 Å². The van der Waals surface area contributed by atoms with Gasteiger partial charge in [-0.05, 0) is 25.0 Å². The maximum Gasteiger partial charge on any atom is 0.276 e. The Kier molecular flexibility index (Phi) is 2.74. The summed E-state index contributed by atoms with van der Waals surface area (Å²) in [6, 6.07) is 6.00. The number of nitrogens with one attached hydrogen (secondary N) is 1. The van der Waals surface area contributed by atoms with Crippen molar-refractivity contribution in [1.82, 2.24) is 20.4 Å². The van der Waals surface area contributed by atoms with Crippen molar-refractivity contribution < 1.29 is 4.52 Å². The van der Waals surface area contributed by atoms with E-state index in [-0.39, 0.29) is 0 Å². The fraction of sp³-hybridized carbons (Fsp3) is 0.333. The van der Waals surface area contributed by atoms with Crippen molar-refractivity contribution in [2.24, 2.45) is 0 Å². The number of rotatable bonds is 4. The highest BCUT2D eigenvalue weighted by atomic mass is 16.5. The summed E-state index contributed by atoms with van der Waals surface area (Å²) in [4.78, 5) is 8.35. The van der Waals surface area contributed by atoms with Gasteiger partial charge in [0.2, 0.25) is 0 Å². The van der Waals surface area contributed by atoms with Crippen LogP contribution in [0.15, 0.2) is 22.9 Å². The summed E-state index contributed by atoms with van der Waals surface area (Å²) >= 11 is 0. The van der Waals surface area contributed by atoms with E-state index >= 15 is 0 Å². The van der Waals surface area contributed by atoms with Crippen molar-refractivity contribution in [2.45, 2.75) is 25.4 Å². The smallest absolute Gasteiger partial charge is 0.276 e. The van der Waals surface area contributed by atoms with Crippen LogP contribution in [0.1, 0.15) is 24.2 Å². The Morgan fingerprint density at radius 1 is 1.44 bits per heavy atom. The second kappa shape index (κ2) is 4.55. The Bertz CT molecular complexity index is 579. The molecule has 0 unspecified atom stereocenters. The molecule has 0 amide bonds. The zero-order valence-corrected chi connectivity index (χ0v) is 9.63.